The summed E-state index contributed by atoms with van der Waals surface area (Å²) in [4.78, 5) is 39.7. The standard InChI is InChI=1S/C18H28N2O9/c1-3-20-9(21)8-18(16(20)26)4-6-19(7-5-18)17(27)29-15-12(24)10(22)14(28-2)11(23)13(15)25/h10-15,22-25H,3-8H2,1-2H3/t10?,11?,12?,13?,14-,15+. The van der Waals surface area contributed by atoms with E-state index in [1.54, 1.807) is 6.92 Å². The van der Waals surface area contributed by atoms with Crippen LogP contribution in [0.1, 0.15) is 26.2 Å². The average Bonchev–Trinajstić information content (AvgIpc) is 2.93. The van der Waals surface area contributed by atoms with Crippen molar-refractivity contribution in [1.82, 2.24) is 9.80 Å². The van der Waals surface area contributed by atoms with E-state index >= 15 is 0 Å². The molecule has 1 spiro atoms. The van der Waals surface area contributed by atoms with Gasteiger partial charge in [-0.2, -0.15) is 0 Å². The summed E-state index contributed by atoms with van der Waals surface area (Å²) >= 11 is 0. The quantitative estimate of drug-likeness (QED) is 0.376. The van der Waals surface area contributed by atoms with Gasteiger partial charge in [-0.25, -0.2) is 4.79 Å². The molecule has 2 saturated heterocycles. The molecule has 0 aromatic carbocycles. The van der Waals surface area contributed by atoms with Crippen molar-refractivity contribution in [3.63, 3.8) is 0 Å². The summed E-state index contributed by atoms with van der Waals surface area (Å²) in [7, 11) is 1.21. The number of aliphatic hydroxyl groups excluding tert-OH is 4. The molecule has 4 atom stereocenters. The zero-order valence-corrected chi connectivity index (χ0v) is 16.4. The summed E-state index contributed by atoms with van der Waals surface area (Å²) in [5, 5.41) is 40.4. The van der Waals surface area contributed by atoms with Crippen LogP contribution >= 0.6 is 0 Å². The van der Waals surface area contributed by atoms with Gasteiger partial charge < -0.3 is 34.8 Å². The Hall–Kier alpha value is -1.79. The zero-order valence-electron chi connectivity index (χ0n) is 16.4. The zero-order chi connectivity index (χ0) is 21.5. The number of carbonyl (C=O) groups excluding carboxylic acids is 3. The molecule has 0 aromatic rings. The van der Waals surface area contributed by atoms with Gasteiger partial charge in [-0.15, -0.1) is 0 Å². The van der Waals surface area contributed by atoms with E-state index in [-0.39, 0.29) is 31.3 Å². The van der Waals surface area contributed by atoms with Crippen LogP contribution in [0.25, 0.3) is 0 Å². The number of carbonyl (C=O) groups is 3. The summed E-state index contributed by atoms with van der Waals surface area (Å²) in [6.07, 6.45) is -9.28. The first-order valence-electron chi connectivity index (χ1n) is 9.72. The van der Waals surface area contributed by atoms with Crippen LogP contribution in [-0.2, 0) is 19.1 Å². The van der Waals surface area contributed by atoms with Crippen molar-refractivity contribution in [1.29, 1.82) is 0 Å². The van der Waals surface area contributed by atoms with Gasteiger partial charge in [0.05, 0.1) is 5.41 Å². The first-order valence-corrected chi connectivity index (χ1v) is 9.72. The second-order valence-electron chi connectivity index (χ2n) is 7.90. The van der Waals surface area contributed by atoms with Crippen molar-refractivity contribution in [2.75, 3.05) is 26.7 Å². The molecule has 1 aliphatic carbocycles. The number of aliphatic hydroxyl groups is 4. The Morgan fingerprint density at radius 1 is 1.03 bits per heavy atom. The third kappa shape index (κ3) is 3.61. The SMILES string of the molecule is CCN1C(=O)CC2(CCN(C(=O)O[C@H]3C(O)C(O)[C@@H](OC)C(O)C3O)CC2)C1=O. The van der Waals surface area contributed by atoms with E-state index in [0.29, 0.717) is 19.4 Å². The third-order valence-corrected chi connectivity index (χ3v) is 6.34. The van der Waals surface area contributed by atoms with Gasteiger partial charge in [0.15, 0.2) is 6.10 Å². The molecule has 2 aliphatic heterocycles. The van der Waals surface area contributed by atoms with Crippen molar-refractivity contribution in [2.24, 2.45) is 5.41 Å². The second-order valence-corrected chi connectivity index (χ2v) is 7.90. The summed E-state index contributed by atoms with van der Waals surface area (Å²) in [5.74, 6) is -0.425. The number of likely N-dealkylation sites (tertiary alicyclic amines) is 2. The van der Waals surface area contributed by atoms with E-state index in [2.05, 4.69) is 0 Å². The molecule has 3 amide bonds. The van der Waals surface area contributed by atoms with Gasteiger partial charge in [0.1, 0.15) is 30.5 Å². The van der Waals surface area contributed by atoms with Gasteiger partial charge in [0, 0.05) is 33.2 Å². The normalized spacial score (nSPS) is 37.3. The summed E-state index contributed by atoms with van der Waals surface area (Å²) < 4.78 is 10.1. The number of hydrogen-bond donors (Lipinski definition) is 4. The number of methoxy groups -OCH3 is 1. The molecule has 3 aliphatic rings. The van der Waals surface area contributed by atoms with E-state index in [9.17, 15) is 34.8 Å². The molecule has 2 heterocycles. The number of nitrogens with zero attached hydrogens (tertiary/aromatic N) is 2. The molecular formula is C18H28N2O9. The summed E-state index contributed by atoms with van der Waals surface area (Å²) in [6.45, 7) is 2.38. The van der Waals surface area contributed by atoms with Crippen LogP contribution in [0.2, 0.25) is 0 Å². The minimum atomic E-state index is -1.65. The molecule has 1 saturated carbocycles. The van der Waals surface area contributed by atoms with Crippen LogP contribution in [0.3, 0.4) is 0 Å². The largest absolute Gasteiger partial charge is 0.440 e. The lowest BCUT2D eigenvalue weighted by atomic mass is 9.77. The van der Waals surface area contributed by atoms with E-state index in [4.69, 9.17) is 9.47 Å². The molecule has 11 nitrogen and oxygen atoms in total. The third-order valence-electron chi connectivity index (χ3n) is 6.34. The number of rotatable bonds is 3. The van der Waals surface area contributed by atoms with Crippen LogP contribution < -0.4 is 0 Å². The number of hydrogen-bond acceptors (Lipinski definition) is 9. The van der Waals surface area contributed by atoms with E-state index in [1.807, 2.05) is 0 Å². The fourth-order valence-electron chi connectivity index (χ4n) is 4.48. The predicted octanol–water partition coefficient (Wildman–Crippen LogP) is -2.18. The smallest absolute Gasteiger partial charge is 0.410 e. The van der Waals surface area contributed by atoms with E-state index in [1.165, 1.54) is 16.9 Å². The lowest BCUT2D eigenvalue weighted by molar-refractivity contribution is -0.230. The van der Waals surface area contributed by atoms with Gasteiger partial charge in [-0.1, -0.05) is 0 Å². The van der Waals surface area contributed by atoms with Gasteiger partial charge in [-0.3, -0.25) is 14.5 Å². The predicted molar refractivity (Wildman–Crippen MR) is 95.3 cm³/mol. The second kappa shape index (κ2) is 8.15. The van der Waals surface area contributed by atoms with Crippen LogP contribution in [0, 0.1) is 5.41 Å². The van der Waals surface area contributed by atoms with Gasteiger partial charge >= 0.3 is 6.09 Å². The molecular weight excluding hydrogens is 388 g/mol. The first-order chi connectivity index (χ1) is 13.7. The fraction of sp³-hybridized carbons (Fsp3) is 0.833. The highest BCUT2D eigenvalue weighted by molar-refractivity contribution is 6.06. The maximum atomic E-state index is 12.6. The number of ether oxygens (including phenoxy) is 2. The van der Waals surface area contributed by atoms with E-state index < -0.39 is 48.1 Å². The van der Waals surface area contributed by atoms with Crippen molar-refractivity contribution in [2.45, 2.75) is 62.8 Å². The van der Waals surface area contributed by atoms with Crippen LogP contribution in [0.15, 0.2) is 0 Å². The minimum Gasteiger partial charge on any atom is -0.440 e. The molecule has 3 rings (SSSR count). The number of piperidine rings is 1. The lowest BCUT2D eigenvalue weighted by Gasteiger charge is -2.43. The molecule has 0 aromatic heterocycles. The average molecular weight is 416 g/mol. The molecule has 4 unspecified atom stereocenters. The van der Waals surface area contributed by atoms with Gasteiger partial charge in [0.25, 0.3) is 0 Å². The molecule has 4 N–H and O–H groups in total. The van der Waals surface area contributed by atoms with Crippen LogP contribution in [-0.4, -0.2) is 112 Å². The summed E-state index contributed by atoms with van der Waals surface area (Å²) in [5.41, 5.74) is -0.800. The van der Waals surface area contributed by atoms with Crippen molar-refractivity contribution in [3.8, 4) is 0 Å². The van der Waals surface area contributed by atoms with Crippen molar-refractivity contribution in [3.05, 3.63) is 0 Å². The monoisotopic (exact) mass is 416 g/mol. The number of amides is 3. The molecule has 164 valence electrons. The highest BCUT2D eigenvalue weighted by atomic mass is 16.6. The molecule has 3 fully saturated rings. The Labute approximate surface area is 167 Å². The highest BCUT2D eigenvalue weighted by Gasteiger charge is 2.54. The molecule has 29 heavy (non-hydrogen) atoms. The van der Waals surface area contributed by atoms with Crippen LogP contribution in [0.4, 0.5) is 4.79 Å². The molecule has 11 heteroatoms. The fourth-order valence-corrected chi connectivity index (χ4v) is 4.48. The Balaban J connectivity index is 1.62. The van der Waals surface area contributed by atoms with Gasteiger partial charge in [-0.05, 0) is 19.8 Å². The summed E-state index contributed by atoms with van der Waals surface area (Å²) in [6, 6.07) is 0. The maximum Gasteiger partial charge on any atom is 0.410 e. The Morgan fingerprint density at radius 3 is 2.00 bits per heavy atom. The van der Waals surface area contributed by atoms with E-state index in [0.717, 1.165) is 0 Å². The van der Waals surface area contributed by atoms with Crippen LogP contribution in [0.5, 0.6) is 0 Å². The molecule has 0 bridgehead atoms. The topological polar surface area (TPSA) is 157 Å². The Bertz CT molecular complexity index is 648. The first kappa shape index (κ1) is 21.9. The van der Waals surface area contributed by atoms with Crippen molar-refractivity contribution < 1.29 is 44.3 Å². The number of imide groups is 1. The van der Waals surface area contributed by atoms with Gasteiger partial charge in [0.2, 0.25) is 11.8 Å². The minimum absolute atomic E-state index is 0.124. The molecule has 0 radical (unpaired) electrons. The van der Waals surface area contributed by atoms with Crippen molar-refractivity contribution >= 4 is 17.9 Å². The Kier molecular flexibility index (Phi) is 6.16. The lowest BCUT2D eigenvalue weighted by Crippen LogP contribution is -2.65. The Morgan fingerprint density at radius 2 is 1.55 bits per heavy atom. The maximum absolute atomic E-state index is 12.6. The highest BCUT2D eigenvalue weighted by Crippen LogP contribution is 2.42.